The van der Waals surface area contributed by atoms with Gasteiger partial charge < -0.3 is 44.0 Å². The number of carbonyl (C=O) groups is 4. The molecule has 0 fully saturated rings. The van der Waals surface area contributed by atoms with Gasteiger partial charge in [0.25, 0.3) is 23.6 Å². The number of hydrogen-bond acceptors (Lipinski definition) is 15. The molecular weight excluding hydrogens is 1530 g/mol. The molecule has 4 amide bonds. The van der Waals surface area contributed by atoms with Crippen molar-refractivity contribution >= 4 is 101 Å². The molecule has 22 nitrogen and oxygen atoms in total. The monoisotopic (exact) mass is 1600 g/mol. The van der Waals surface area contributed by atoms with Crippen LogP contribution in [-0.2, 0) is 44.7 Å². The fourth-order valence-corrected chi connectivity index (χ4v) is 13.3. The van der Waals surface area contributed by atoms with Crippen molar-refractivity contribution in [2.45, 2.75) is 86.3 Å². The highest BCUT2D eigenvalue weighted by Crippen LogP contribution is 2.36. The molecule has 0 saturated heterocycles. The Balaban J connectivity index is 0.000000135. The van der Waals surface area contributed by atoms with Gasteiger partial charge in [0.2, 0.25) is 0 Å². The van der Waals surface area contributed by atoms with Gasteiger partial charge in [-0.15, -0.1) is 21.5 Å². The Labute approximate surface area is 658 Å². The van der Waals surface area contributed by atoms with Gasteiger partial charge in [0.15, 0.2) is 11.4 Å². The van der Waals surface area contributed by atoms with Gasteiger partial charge in [-0.3, -0.25) is 39.1 Å². The topological polar surface area (TPSA) is 265 Å². The highest BCUT2D eigenvalue weighted by molar-refractivity contribution is 7.12. The summed E-state index contributed by atoms with van der Waals surface area (Å²) >= 11 is 1.27. The number of furan rings is 1. The fraction of sp³-hybridized carbons (Fsp3) is 0.155. The zero-order chi connectivity index (χ0) is 82.2. The van der Waals surface area contributed by atoms with Crippen LogP contribution in [0.15, 0.2) is 236 Å². The number of aromatic nitrogens is 13. The minimum absolute atomic E-state index is 0.179. The molecule has 0 atom stereocenters. The zero-order valence-corrected chi connectivity index (χ0v) is 63.2. The summed E-state index contributed by atoms with van der Waals surface area (Å²) in [6.45, 7) is 12.9. The molecule has 116 heavy (non-hydrogen) atoms. The second-order valence-electron chi connectivity index (χ2n) is 26.9. The van der Waals surface area contributed by atoms with Gasteiger partial charge in [-0.25, -0.2) is 4.98 Å². The number of amides is 4. The highest BCUT2D eigenvalue weighted by Gasteiger charge is 2.34. The van der Waals surface area contributed by atoms with Crippen LogP contribution in [0.4, 0.5) is 62.3 Å². The lowest BCUT2D eigenvalue weighted by Gasteiger charge is -2.08. The smallest absolute Gasteiger partial charge is 0.433 e. The number of pyridine rings is 4. The van der Waals surface area contributed by atoms with E-state index >= 15 is 0 Å². The molecule has 4 N–H and O–H groups in total. The number of nitrogens with one attached hydrogen (secondary N) is 4. The van der Waals surface area contributed by atoms with Gasteiger partial charge in [-0.2, -0.15) is 49.7 Å². The SMILES string of the molecule is Cc1ccc(Cn2cc(NC(=O)c3cccnn3)c3ccccc32)cn1.Cc1ccc2c(c1)c(NC(=O)c1cccnn1)cn2Cc1ccc(C(F)(F)F)nc1.Cc1ccc2c(c1)c(NC(=O)c1ccoc1C)cn2Cc1ccc(C(F)(F)F)nc1.Cc1ccc2c(c1)c(NC(=O)c1scnc1C)cn2Cc1ccc(C(F)(F)F)nc1. The van der Waals surface area contributed by atoms with Crippen molar-refractivity contribution in [2.24, 2.45) is 0 Å². The number of rotatable bonds is 16. The number of halogens is 9. The summed E-state index contributed by atoms with van der Waals surface area (Å²) in [5.74, 6) is -0.703. The molecule has 16 aromatic rings. The minimum atomic E-state index is -4.48. The summed E-state index contributed by atoms with van der Waals surface area (Å²) in [4.78, 5) is 69.8. The average molecular weight is 1600 g/mol. The quantitative estimate of drug-likeness (QED) is 0.0656. The summed E-state index contributed by atoms with van der Waals surface area (Å²) in [6, 6.07) is 44.7. The van der Waals surface area contributed by atoms with Crippen LogP contribution in [0.25, 0.3) is 43.6 Å². The first-order valence-corrected chi connectivity index (χ1v) is 36.4. The number of aryl methyl sites for hydroxylation is 6. The summed E-state index contributed by atoms with van der Waals surface area (Å²) < 4.78 is 128. The van der Waals surface area contributed by atoms with Gasteiger partial charge in [0, 0.05) is 115 Å². The third-order valence-corrected chi connectivity index (χ3v) is 19.2. The van der Waals surface area contributed by atoms with Crippen LogP contribution >= 0.6 is 11.3 Å². The van der Waals surface area contributed by atoms with E-state index in [2.05, 4.69) is 77.2 Å². The van der Waals surface area contributed by atoms with Gasteiger partial charge in [0.05, 0.1) is 67.8 Å². The molecule has 16 rings (SSSR count). The molecule has 0 aliphatic heterocycles. The minimum Gasteiger partial charge on any atom is -0.469 e. The second-order valence-corrected chi connectivity index (χ2v) is 27.8. The van der Waals surface area contributed by atoms with E-state index < -0.39 is 41.5 Å². The van der Waals surface area contributed by atoms with Crippen LogP contribution in [-0.4, -0.2) is 87.2 Å². The number of fused-ring (bicyclic) bond motifs is 4. The Hall–Kier alpha value is -14.0. The van der Waals surface area contributed by atoms with Crippen LogP contribution < -0.4 is 21.3 Å². The fourth-order valence-electron chi connectivity index (χ4n) is 12.6. The van der Waals surface area contributed by atoms with Crippen molar-refractivity contribution < 1.29 is 63.1 Å². The molecule has 588 valence electrons. The van der Waals surface area contributed by atoms with Gasteiger partial charge in [-0.1, -0.05) is 77.4 Å². The Morgan fingerprint density at radius 3 is 1.12 bits per heavy atom. The maximum absolute atomic E-state index is 12.8. The van der Waals surface area contributed by atoms with Crippen LogP contribution in [0.5, 0.6) is 0 Å². The van der Waals surface area contributed by atoms with E-state index in [0.717, 1.165) is 95.4 Å². The lowest BCUT2D eigenvalue weighted by atomic mass is 10.1. The molecule has 0 bridgehead atoms. The Morgan fingerprint density at radius 2 is 0.776 bits per heavy atom. The highest BCUT2D eigenvalue weighted by atomic mass is 32.1. The number of para-hydroxylation sites is 1. The normalized spacial score (nSPS) is 11.5. The largest absolute Gasteiger partial charge is 0.469 e. The molecule has 12 heterocycles. The van der Waals surface area contributed by atoms with Crippen LogP contribution in [0.2, 0.25) is 0 Å². The van der Waals surface area contributed by atoms with E-state index in [1.807, 2.05) is 139 Å². The second kappa shape index (κ2) is 34.1. The zero-order valence-electron chi connectivity index (χ0n) is 62.4. The predicted octanol–water partition coefficient (Wildman–Crippen LogP) is 18.9. The Morgan fingerprint density at radius 1 is 0.397 bits per heavy atom. The molecule has 0 aliphatic carbocycles. The van der Waals surface area contributed by atoms with Crippen LogP contribution in [0, 0.1) is 41.5 Å². The Bertz CT molecular complexity index is 6030. The van der Waals surface area contributed by atoms with E-state index in [1.54, 1.807) is 68.3 Å². The van der Waals surface area contributed by atoms with Crippen molar-refractivity contribution in [3.8, 4) is 0 Å². The number of carbonyl (C=O) groups excluding carboxylic acids is 4. The maximum Gasteiger partial charge on any atom is 0.433 e. The summed E-state index contributed by atoms with van der Waals surface area (Å²) in [7, 11) is 0. The number of nitrogens with zero attached hydrogens (tertiary/aromatic N) is 13. The summed E-state index contributed by atoms with van der Waals surface area (Å²) in [5, 5.41) is 30.2. The van der Waals surface area contributed by atoms with E-state index in [-0.39, 0.29) is 29.1 Å². The molecular formula is C84H68F9N17O5S. The third kappa shape index (κ3) is 19.2. The molecule has 4 aromatic carbocycles. The average Bonchev–Trinajstić information content (AvgIpc) is 1.65. The van der Waals surface area contributed by atoms with E-state index in [0.29, 0.717) is 81.8 Å². The molecule has 0 aliphatic rings. The van der Waals surface area contributed by atoms with Gasteiger partial charge in [0.1, 0.15) is 27.7 Å². The van der Waals surface area contributed by atoms with E-state index in [4.69, 9.17) is 4.42 Å². The van der Waals surface area contributed by atoms with Crippen LogP contribution in [0.3, 0.4) is 0 Å². The number of thiazole rings is 1. The van der Waals surface area contributed by atoms with Crippen molar-refractivity contribution in [2.75, 3.05) is 21.3 Å². The number of hydrogen-bond donors (Lipinski definition) is 4. The van der Waals surface area contributed by atoms with Gasteiger partial charge in [-0.05, 0) is 161 Å². The first-order chi connectivity index (χ1) is 55.5. The van der Waals surface area contributed by atoms with Crippen molar-refractivity contribution in [3.63, 3.8) is 0 Å². The Kier molecular flexibility index (Phi) is 23.5. The van der Waals surface area contributed by atoms with Gasteiger partial charge >= 0.3 is 18.5 Å². The predicted molar refractivity (Wildman–Crippen MR) is 421 cm³/mol. The third-order valence-electron chi connectivity index (χ3n) is 18.3. The first kappa shape index (κ1) is 80.0. The standard InChI is InChI=1S/C22H18F3N3O2.C21H16F3N5O.C21H17F3N4OS.C20H17N5O/c1-13-3-5-19-17(9-13)18(27-21(29)16-7-8-30-14(16)2)12-28(19)11-15-4-6-20(26-10-15)22(23,24)25;1-13-4-6-18-15(9-13)17(27-20(30)16-3-2-8-26-28-16)12-29(18)11-14-5-7-19(25-10-14)21(22,23)24;1-12-3-5-17-15(7-12)16(27-20(29)19-13(2)26-11-30-19)10-28(17)9-14-4-6-18(25-8-14)21(22,23)24;1-14-8-9-15(11-21-14)12-25-13-18(16-5-2-3-7-19(16)25)23-20(26)17-6-4-10-22-24-17/h3-10,12H,11H2,1-2H3,(H,27,29);2-10,12H,11H2,1H3,(H,27,30);3-8,10-11H,9H2,1-2H3,(H,27,29);2-11,13H,12H2,1H3,(H,23,26). The molecule has 0 radical (unpaired) electrons. The summed E-state index contributed by atoms with van der Waals surface area (Å²) in [5.41, 5.74) is 13.5. The maximum atomic E-state index is 12.8. The van der Waals surface area contributed by atoms with E-state index in [9.17, 15) is 58.7 Å². The molecule has 32 heteroatoms. The van der Waals surface area contributed by atoms with Crippen molar-refractivity contribution in [3.05, 3.63) is 326 Å². The summed E-state index contributed by atoms with van der Waals surface area (Å²) in [6.07, 6.45) is 3.83. The van der Waals surface area contributed by atoms with Crippen LogP contribution in [0.1, 0.15) is 114 Å². The number of benzene rings is 4. The molecule has 0 spiro atoms. The van der Waals surface area contributed by atoms with E-state index in [1.165, 1.54) is 66.8 Å². The first-order valence-electron chi connectivity index (χ1n) is 35.6. The lowest BCUT2D eigenvalue weighted by molar-refractivity contribution is -0.142. The lowest BCUT2D eigenvalue weighted by Crippen LogP contribution is -2.13. The molecule has 0 saturated carbocycles. The molecule has 12 aromatic heterocycles. The van der Waals surface area contributed by atoms with Crippen molar-refractivity contribution in [1.29, 1.82) is 0 Å². The number of alkyl halides is 9. The molecule has 0 unspecified atom stereocenters. The number of anilines is 4. The van der Waals surface area contributed by atoms with Crippen molar-refractivity contribution in [1.82, 2.24) is 63.6 Å².